The van der Waals surface area contributed by atoms with Crippen LogP contribution in [0.15, 0.2) is 58.3 Å². The number of benzene rings is 1. The molecule has 168 valence electrons. The summed E-state index contributed by atoms with van der Waals surface area (Å²) in [5, 5.41) is 11.2. The van der Waals surface area contributed by atoms with Crippen molar-refractivity contribution in [3.8, 4) is 0 Å². The van der Waals surface area contributed by atoms with Crippen molar-refractivity contribution in [1.29, 1.82) is 0 Å². The van der Waals surface area contributed by atoms with Gasteiger partial charge in [0.1, 0.15) is 5.82 Å². The lowest BCUT2D eigenvalue weighted by atomic mass is 10.2. The van der Waals surface area contributed by atoms with E-state index in [4.69, 9.17) is 16.3 Å². The van der Waals surface area contributed by atoms with Crippen molar-refractivity contribution in [3.05, 3.63) is 64.5 Å². The number of hydrogen-bond acceptors (Lipinski definition) is 8. The normalized spacial score (nSPS) is 19.1. The largest absolute Gasteiger partial charge is 0.380 e. The Kier molecular flexibility index (Phi) is 7.18. The number of anilines is 2. The molecule has 0 saturated carbocycles. The first kappa shape index (κ1) is 22.0. The van der Waals surface area contributed by atoms with Crippen LogP contribution in [0.25, 0.3) is 0 Å². The lowest BCUT2D eigenvalue weighted by molar-refractivity contribution is 0.143. The first-order valence-corrected chi connectivity index (χ1v) is 10.8. The molecule has 4 rings (SSSR count). The molecule has 1 aromatic carbocycles. The predicted octanol–water partition coefficient (Wildman–Crippen LogP) is 3.53. The zero-order chi connectivity index (χ0) is 22.3. The standard InChI is InChI=1S/C22H25ClFN7O/c1-15-4-2-5-18(23)20(15)28-16-6-7-25-17(12-16)13-27-30-22-26-14-19(24)21(29-22)31-8-3-10-32-11-9-31/h2,4-7,12-14,22,29-30H,3,8-11H2,1H3,(H,25,28)/b27-13-. The number of aryl methyl sites for hydroxylation is 1. The number of pyridine rings is 1. The minimum atomic E-state index is -0.586. The van der Waals surface area contributed by atoms with Gasteiger partial charge in [0.05, 0.1) is 35.4 Å². The number of allylic oxidation sites excluding steroid dienone is 1. The minimum absolute atomic E-state index is 0.399. The molecule has 3 N–H and O–H groups in total. The Morgan fingerprint density at radius 1 is 1.31 bits per heavy atom. The van der Waals surface area contributed by atoms with Crippen LogP contribution in [0, 0.1) is 6.92 Å². The third-order valence-electron chi connectivity index (χ3n) is 5.04. The maximum Gasteiger partial charge on any atom is 0.210 e. The second-order valence-electron chi connectivity index (χ2n) is 7.39. The topological polar surface area (TPSA) is 86.2 Å². The Morgan fingerprint density at radius 2 is 2.22 bits per heavy atom. The molecule has 1 aromatic heterocycles. The summed E-state index contributed by atoms with van der Waals surface area (Å²) in [5.41, 5.74) is 6.25. The number of aliphatic imine (C=N–C) groups is 1. The van der Waals surface area contributed by atoms with Crippen molar-refractivity contribution in [2.75, 3.05) is 31.6 Å². The quantitative estimate of drug-likeness (QED) is 0.454. The number of hydrazone groups is 1. The highest BCUT2D eigenvalue weighted by Gasteiger charge is 2.22. The molecule has 0 aliphatic carbocycles. The molecule has 32 heavy (non-hydrogen) atoms. The van der Waals surface area contributed by atoms with Crippen LogP contribution >= 0.6 is 11.6 Å². The highest BCUT2D eigenvalue weighted by atomic mass is 35.5. The van der Waals surface area contributed by atoms with Gasteiger partial charge >= 0.3 is 0 Å². The molecule has 8 nitrogen and oxygen atoms in total. The van der Waals surface area contributed by atoms with Gasteiger partial charge in [0, 0.05) is 31.6 Å². The van der Waals surface area contributed by atoms with Crippen LogP contribution in [0.2, 0.25) is 5.02 Å². The monoisotopic (exact) mass is 457 g/mol. The third kappa shape index (κ3) is 5.54. The first-order valence-electron chi connectivity index (χ1n) is 10.4. The van der Waals surface area contributed by atoms with Crippen molar-refractivity contribution in [2.45, 2.75) is 19.6 Å². The summed E-state index contributed by atoms with van der Waals surface area (Å²) in [4.78, 5) is 10.3. The number of para-hydroxylation sites is 1. The number of halogens is 2. The van der Waals surface area contributed by atoms with Gasteiger partial charge in [-0.3, -0.25) is 10.4 Å². The van der Waals surface area contributed by atoms with E-state index < -0.39 is 12.1 Å². The van der Waals surface area contributed by atoms with Gasteiger partial charge in [-0.15, -0.1) is 0 Å². The van der Waals surface area contributed by atoms with Gasteiger partial charge in [-0.05, 0) is 37.1 Å². The van der Waals surface area contributed by atoms with Crippen LogP contribution in [-0.2, 0) is 4.74 Å². The number of ether oxygens (including phenoxy) is 1. The predicted molar refractivity (Wildman–Crippen MR) is 125 cm³/mol. The Morgan fingerprint density at radius 3 is 3.09 bits per heavy atom. The van der Waals surface area contributed by atoms with Gasteiger partial charge in [-0.2, -0.15) is 5.10 Å². The van der Waals surface area contributed by atoms with Crippen LogP contribution in [0.4, 0.5) is 15.8 Å². The lowest BCUT2D eigenvalue weighted by Crippen LogP contribution is -2.46. The fraction of sp³-hybridized carbons (Fsp3) is 0.318. The van der Waals surface area contributed by atoms with Gasteiger partial charge in [0.15, 0.2) is 5.83 Å². The SMILES string of the molecule is Cc1cccc(Cl)c1Nc1ccnc(/C=N\NC2N=CC(F)=C(N3CCCOCC3)N2)c1. The number of nitrogens with zero attached hydrogens (tertiary/aromatic N) is 4. The average molecular weight is 458 g/mol. The van der Waals surface area contributed by atoms with Crippen molar-refractivity contribution in [1.82, 2.24) is 20.6 Å². The average Bonchev–Trinajstić information content (AvgIpc) is 3.07. The van der Waals surface area contributed by atoms with Gasteiger partial charge in [0.25, 0.3) is 0 Å². The fourth-order valence-electron chi connectivity index (χ4n) is 3.42. The van der Waals surface area contributed by atoms with E-state index >= 15 is 0 Å². The molecule has 10 heteroatoms. The van der Waals surface area contributed by atoms with Gasteiger partial charge < -0.3 is 20.3 Å². The highest BCUT2D eigenvalue weighted by molar-refractivity contribution is 6.33. The van der Waals surface area contributed by atoms with Gasteiger partial charge in [-0.1, -0.05) is 23.7 Å². The molecule has 1 atom stereocenters. The zero-order valence-electron chi connectivity index (χ0n) is 17.7. The van der Waals surface area contributed by atoms with Crippen molar-refractivity contribution in [3.63, 3.8) is 0 Å². The summed E-state index contributed by atoms with van der Waals surface area (Å²) in [5.74, 6) is 0.00173. The zero-order valence-corrected chi connectivity index (χ0v) is 18.4. The lowest BCUT2D eigenvalue weighted by Gasteiger charge is -2.30. The van der Waals surface area contributed by atoms with E-state index in [1.807, 2.05) is 42.2 Å². The number of aromatic nitrogens is 1. The van der Waals surface area contributed by atoms with Crippen LogP contribution in [0.1, 0.15) is 17.7 Å². The van der Waals surface area contributed by atoms with Crippen molar-refractivity contribution >= 4 is 35.4 Å². The Labute approximate surface area is 191 Å². The second-order valence-corrected chi connectivity index (χ2v) is 7.80. The van der Waals surface area contributed by atoms with Crippen LogP contribution in [-0.4, -0.2) is 54.9 Å². The molecule has 0 spiro atoms. The molecule has 0 radical (unpaired) electrons. The molecular weight excluding hydrogens is 433 g/mol. The third-order valence-corrected chi connectivity index (χ3v) is 5.36. The van der Waals surface area contributed by atoms with Crippen LogP contribution < -0.4 is 16.1 Å². The van der Waals surface area contributed by atoms with E-state index in [2.05, 4.69) is 31.1 Å². The maximum atomic E-state index is 14.3. The maximum absolute atomic E-state index is 14.3. The Bertz CT molecular complexity index is 1010. The molecule has 1 unspecified atom stereocenters. The Hall–Kier alpha value is -3.17. The summed E-state index contributed by atoms with van der Waals surface area (Å²) in [6.45, 7) is 4.57. The minimum Gasteiger partial charge on any atom is -0.380 e. The molecule has 2 aromatic rings. The molecule has 0 amide bonds. The number of hydrogen-bond donors (Lipinski definition) is 3. The van der Waals surface area contributed by atoms with E-state index in [1.54, 1.807) is 12.4 Å². The highest BCUT2D eigenvalue weighted by Crippen LogP contribution is 2.28. The van der Waals surface area contributed by atoms with E-state index in [1.165, 1.54) is 6.21 Å². The van der Waals surface area contributed by atoms with Gasteiger partial charge in [0.2, 0.25) is 6.29 Å². The molecule has 1 saturated heterocycles. The molecular formula is C22H25ClFN7O. The summed E-state index contributed by atoms with van der Waals surface area (Å²) >= 11 is 6.30. The molecule has 0 bridgehead atoms. The fourth-order valence-corrected chi connectivity index (χ4v) is 3.69. The summed E-state index contributed by atoms with van der Waals surface area (Å²) in [6.07, 6.45) is 4.73. The molecule has 1 fully saturated rings. The van der Waals surface area contributed by atoms with E-state index in [0.29, 0.717) is 42.8 Å². The van der Waals surface area contributed by atoms with Crippen LogP contribution in [0.3, 0.4) is 0 Å². The Balaban J connectivity index is 1.37. The summed E-state index contributed by atoms with van der Waals surface area (Å²) < 4.78 is 19.7. The molecule has 3 heterocycles. The van der Waals surface area contributed by atoms with E-state index in [-0.39, 0.29) is 0 Å². The smallest absolute Gasteiger partial charge is 0.210 e. The van der Waals surface area contributed by atoms with Crippen molar-refractivity contribution in [2.24, 2.45) is 10.1 Å². The van der Waals surface area contributed by atoms with Crippen LogP contribution in [0.5, 0.6) is 0 Å². The van der Waals surface area contributed by atoms with E-state index in [0.717, 1.165) is 23.4 Å². The second kappa shape index (κ2) is 10.4. The van der Waals surface area contributed by atoms with Gasteiger partial charge in [-0.25, -0.2) is 9.38 Å². The van der Waals surface area contributed by atoms with E-state index in [9.17, 15) is 4.39 Å². The summed E-state index contributed by atoms with van der Waals surface area (Å²) in [7, 11) is 0. The summed E-state index contributed by atoms with van der Waals surface area (Å²) in [6, 6.07) is 9.45. The van der Waals surface area contributed by atoms with Crippen molar-refractivity contribution < 1.29 is 9.13 Å². The number of rotatable bonds is 6. The first-order chi connectivity index (χ1) is 15.6. The molecule has 2 aliphatic rings. The number of nitrogens with one attached hydrogen (secondary N) is 3. The molecule has 2 aliphatic heterocycles.